The molecule has 0 saturated heterocycles. The van der Waals surface area contributed by atoms with Crippen molar-refractivity contribution in [1.82, 2.24) is 15.1 Å². The van der Waals surface area contributed by atoms with Crippen LogP contribution in [-0.2, 0) is 11.3 Å². The van der Waals surface area contributed by atoms with Gasteiger partial charge in [0.25, 0.3) is 5.56 Å². The van der Waals surface area contributed by atoms with E-state index in [0.29, 0.717) is 23.4 Å². The van der Waals surface area contributed by atoms with Crippen LogP contribution in [-0.4, -0.2) is 29.9 Å². The zero-order chi connectivity index (χ0) is 22.1. The Morgan fingerprint density at radius 3 is 2.65 bits per heavy atom. The number of nitrogens with one attached hydrogen (secondary N) is 1. The molecule has 4 aromatic rings. The summed E-state index contributed by atoms with van der Waals surface area (Å²) in [6.07, 6.45) is 0. The number of carbonyl (C=O) groups is 1. The van der Waals surface area contributed by atoms with E-state index in [1.54, 1.807) is 38.5 Å². The van der Waals surface area contributed by atoms with Gasteiger partial charge < -0.3 is 14.8 Å². The number of aromatic nitrogens is 2. The summed E-state index contributed by atoms with van der Waals surface area (Å²) in [6, 6.07) is 12.5. The number of aryl methyl sites for hydroxylation is 1. The molecule has 2 aromatic carbocycles. The maximum Gasteiger partial charge on any atom is 0.276 e. The van der Waals surface area contributed by atoms with Crippen LogP contribution >= 0.6 is 11.3 Å². The van der Waals surface area contributed by atoms with Gasteiger partial charge >= 0.3 is 0 Å². The fraction of sp³-hybridized carbons (Fsp3) is 0.261. The molecule has 0 fully saturated rings. The molecule has 0 unspecified atom stereocenters. The summed E-state index contributed by atoms with van der Waals surface area (Å²) < 4.78 is 13.7. The lowest BCUT2D eigenvalue weighted by atomic mass is 10.1. The molecular weight excluding hydrogens is 414 g/mol. The summed E-state index contributed by atoms with van der Waals surface area (Å²) in [5.41, 5.74) is 1.33. The second-order valence-electron chi connectivity index (χ2n) is 7.22. The van der Waals surface area contributed by atoms with Gasteiger partial charge in [-0.15, -0.1) is 11.3 Å². The van der Waals surface area contributed by atoms with Gasteiger partial charge in [-0.25, -0.2) is 4.68 Å². The first kappa shape index (κ1) is 20.9. The van der Waals surface area contributed by atoms with Crippen LogP contribution in [0, 0.1) is 6.92 Å². The smallest absolute Gasteiger partial charge is 0.276 e. The van der Waals surface area contributed by atoms with Crippen LogP contribution in [0.1, 0.15) is 24.2 Å². The van der Waals surface area contributed by atoms with Gasteiger partial charge in [0.15, 0.2) is 11.5 Å². The summed E-state index contributed by atoms with van der Waals surface area (Å²) in [5, 5.41) is 8.83. The quantitative estimate of drug-likeness (QED) is 0.496. The van der Waals surface area contributed by atoms with E-state index in [-0.39, 0.29) is 11.5 Å². The minimum absolute atomic E-state index is 0.258. The summed E-state index contributed by atoms with van der Waals surface area (Å²) in [7, 11) is 3.13. The van der Waals surface area contributed by atoms with Crippen LogP contribution in [0.5, 0.6) is 11.5 Å². The number of nitrogens with zero attached hydrogens (tertiary/aromatic N) is 2. The van der Waals surface area contributed by atoms with Gasteiger partial charge in [0.1, 0.15) is 6.04 Å². The number of fused-ring (bicyclic) bond motifs is 3. The van der Waals surface area contributed by atoms with E-state index < -0.39 is 6.04 Å². The largest absolute Gasteiger partial charge is 0.493 e. The van der Waals surface area contributed by atoms with Crippen LogP contribution in [0.4, 0.5) is 0 Å². The maximum atomic E-state index is 13.2. The van der Waals surface area contributed by atoms with Crippen molar-refractivity contribution in [3.63, 3.8) is 0 Å². The molecule has 1 amide bonds. The summed E-state index contributed by atoms with van der Waals surface area (Å²) in [5.74, 6) is 0.918. The highest BCUT2D eigenvalue weighted by atomic mass is 32.1. The van der Waals surface area contributed by atoms with Gasteiger partial charge in [0, 0.05) is 16.6 Å². The average Bonchev–Trinajstić information content (AvgIpc) is 3.19. The Kier molecular flexibility index (Phi) is 5.65. The van der Waals surface area contributed by atoms with Gasteiger partial charge in [-0.1, -0.05) is 24.3 Å². The third-order valence-corrected chi connectivity index (χ3v) is 6.54. The van der Waals surface area contributed by atoms with E-state index in [1.165, 1.54) is 4.68 Å². The molecule has 0 saturated carbocycles. The molecule has 4 rings (SSSR count). The fourth-order valence-electron chi connectivity index (χ4n) is 3.58. The molecule has 0 bridgehead atoms. The number of methoxy groups -OCH3 is 2. The number of ether oxygens (including phenoxy) is 2. The number of hydrogen-bond acceptors (Lipinski definition) is 6. The summed E-state index contributed by atoms with van der Waals surface area (Å²) in [4.78, 5) is 26.1. The van der Waals surface area contributed by atoms with E-state index in [4.69, 9.17) is 9.47 Å². The first-order valence-electron chi connectivity index (χ1n) is 9.84. The highest BCUT2D eigenvalue weighted by Gasteiger charge is 2.21. The number of hydrogen-bond donors (Lipinski definition) is 1. The molecule has 0 aliphatic heterocycles. The number of amides is 1. The van der Waals surface area contributed by atoms with Crippen molar-refractivity contribution in [3.05, 3.63) is 64.1 Å². The van der Waals surface area contributed by atoms with E-state index in [1.807, 2.05) is 43.3 Å². The Hall–Kier alpha value is -3.39. The van der Waals surface area contributed by atoms with Crippen molar-refractivity contribution >= 4 is 37.4 Å². The Morgan fingerprint density at radius 1 is 1.16 bits per heavy atom. The molecule has 0 spiro atoms. The van der Waals surface area contributed by atoms with Crippen molar-refractivity contribution in [2.24, 2.45) is 0 Å². The molecule has 0 radical (unpaired) electrons. The lowest BCUT2D eigenvalue weighted by Gasteiger charge is -2.16. The van der Waals surface area contributed by atoms with Crippen molar-refractivity contribution in [2.45, 2.75) is 26.4 Å². The van der Waals surface area contributed by atoms with Crippen LogP contribution in [0.2, 0.25) is 0 Å². The van der Waals surface area contributed by atoms with Gasteiger partial charge in [-0.3, -0.25) is 9.59 Å². The Bertz CT molecular complexity index is 1340. The fourth-order valence-corrected chi connectivity index (χ4v) is 4.72. The molecule has 0 aliphatic rings. The molecule has 1 atom stereocenters. The first-order chi connectivity index (χ1) is 14.9. The normalized spacial score (nSPS) is 12.1. The second kappa shape index (κ2) is 8.39. The van der Waals surface area contributed by atoms with E-state index in [9.17, 15) is 9.59 Å². The molecule has 7 nitrogen and oxygen atoms in total. The zero-order valence-electron chi connectivity index (χ0n) is 17.8. The minimum Gasteiger partial charge on any atom is -0.493 e. The number of carbonyl (C=O) groups excluding carboxylic acids is 1. The first-order valence-corrected chi connectivity index (χ1v) is 10.7. The van der Waals surface area contributed by atoms with Crippen LogP contribution in [0.3, 0.4) is 0 Å². The van der Waals surface area contributed by atoms with Gasteiger partial charge in [-0.2, -0.15) is 5.10 Å². The molecule has 160 valence electrons. The Balaban J connectivity index is 1.61. The van der Waals surface area contributed by atoms with Gasteiger partial charge in [-0.05, 0) is 37.6 Å². The molecule has 0 aliphatic carbocycles. The molecule has 8 heteroatoms. The van der Waals surface area contributed by atoms with E-state index in [0.717, 1.165) is 26.0 Å². The van der Waals surface area contributed by atoms with Crippen LogP contribution < -0.4 is 20.3 Å². The molecule has 2 aromatic heterocycles. The highest BCUT2D eigenvalue weighted by Crippen LogP contribution is 2.33. The molecule has 31 heavy (non-hydrogen) atoms. The minimum atomic E-state index is -0.755. The van der Waals surface area contributed by atoms with Crippen molar-refractivity contribution < 1.29 is 14.3 Å². The predicted octanol–water partition coefficient (Wildman–Crippen LogP) is 3.81. The van der Waals surface area contributed by atoms with E-state index in [2.05, 4.69) is 10.4 Å². The van der Waals surface area contributed by atoms with Crippen molar-refractivity contribution in [1.29, 1.82) is 0 Å². The molecule has 2 heterocycles. The van der Waals surface area contributed by atoms with Crippen LogP contribution in [0.25, 0.3) is 20.2 Å². The van der Waals surface area contributed by atoms with Crippen molar-refractivity contribution in [3.8, 4) is 11.5 Å². The van der Waals surface area contributed by atoms with E-state index >= 15 is 0 Å². The number of thiophene rings is 1. The third kappa shape index (κ3) is 3.74. The number of benzene rings is 2. The standard InChI is InChI=1S/C23H23N3O4S/c1-13-21-20(16-7-5-6-8-19(16)31-21)23(28)26(25-13)14(2)22(27)24-12-15-9-10-17(29-3)18(11-15)30-4/h5-11,14H,12H2,1-4H3,(H,24,27)/t14-/m0/s1. The zero-order valence-corrected chi connectivity index (χ0v) is 18.6. The number of rotatable bonds is 6. The highest BCUT2D eigenvalue weighted by molar-refractivity contribution is 7.26. The van der Waals surface area contributed by atoms with Crippen LogP contribution in [0.15, 0.2) is 47.3 Å². The van der Waals surface area contributed by atoms with Gasteiger partial charge in [0.05, 0.1) is 30.0 Å². The lowest BCUT2D eigenvalue weighted by Crippen LogP contribution is -2.37. The topological polar surface area (TPSA) is 82.5 Å². The average molecular weight is 438 g/mol. The predicted molar refractivity (Wildman–Crippen MR) is 122 cm³/mol. The molecule has 1 N–H and O–H groups in total. The SMILES string of the molecule is COc1ccc(CNC(=O)[C@H](C)n2nc(C)c3sc4ccccc4c3c2=O)cc1OC. The maximum absolute atomic E-state index is 13.2. The Labute approximate surface area is 183 Å². The van der Waals surface area contributed by atoms with Gasteiger partial charge in [0.2, 0.25) is 5.91 Å². The molecular formula is C23H23N3O4S. The Morgan fingerprint density at radius 2 is 1.90 bits per heavy atom. The van der Waals surface area contributed by atoms with Crippen molar-refractivity contribution in [2.75, 3.05) is 14.2 Å². The summed E-state index contributed by atoms with van der Waals surface area (Å²) >= 11 is 1.55. The lowest BCUT2D eigenvalue weighted by molar-refractivity contribution is -0.124. The third-order valence-electron chi connectivity index (χ3n) is 5.26. The second-order valence-corrected chi connectivity index (χ2v) is 8.27. The summed E-state index contributed by atoms with van der Waals surface area (Å²) in [6.45, 7) is 3.83. The monoisotopic (exact) mass is 437 g/mol.